The fraction of sp³-hybridized carbons (Fsp3) is 0.235. The minimum absolute atomic E-state index is 0.0123. The number of nitrogens with zero attached hydrogens (tertiary/aromatic N) is 1. The molecule has 0 fully saturated rings. The highest BCUT2D eigenvalue weighted by Gasteiger charge is 2.07. The van der Waals surface area contributed by atoms with Crippen molar-refractivity contribution < 1.29 is 4.79 Å². The molecular weight excluding hydrogens is 248 g/mol. The first kappa shape index (κ1) is 14.1. The van der Waals surface area contributed by atoms with E-state index in [-0.39, 0.29) is 11.8 Å². The molecule has 20 heavy (non-hydrogen) atoms. The van der Waals surface area contributed by atoms with Crippen molar-refractivity contribution in [3.05, 3.63) is 54.6 Å². The summed E-state index contributed by atoms with van der Waals surface area (Å²) in [7, 11) is 2.02. The molecule has 0 radical (unpaired) electrons. The lowest BCUT2D eigenvalue weighted by Crippen LogP contribution is -2.17. The molecule has 0 saturated carbocycles. The molecule has 0 aromatic heterocycles. The molecule has 1 N–H and O–H groups in total. The van der Waals surface area contributed by atoms with Crippen molar-refractivity contribution in [1.82, 2.24) is 0 Å². The van der Waals surface area contributed by atoms with Crippen LogP contribution in [0.2, 0.25) is 0 Å². The number of para-hydroxylation sites is 1. The summed E-state index contributed by atoms with van der Waals surface area (Å²) in [5.41, 5.74) is 3.04. The predicted molar refractivity (Wildman–Crippen MR) is 84.4 cm³/mol. The quantitative estimate of drug-likeness (QED) is 0.907. The van der Waals surface area contributed by atoms with Gasteiger partial charge < -0.3 is 10.2 Å². The van der Waals surface area contributed by atoms with Gasteiger partial charge in [0.15, 0.2) is 0 Å². The summed E-state index contributed by atoms with van der Waals surface area (Å²) < 4.78 is 0. The largest absolute Gasteiger partial charge is 0.345 e. The highest BCUT2D eigenvalue weighted by Crippen LogP contribution is 2.24. The molecule has 0 spiro atoms. The number of carbonyl (C=O) groups excluding carboxylic acids is 1. The number of hydrogen-bond acceptors (Lipinski definition) is 2. The van der Waals surface area contributed by atoms with Crippen LogP contribution < -0.4 is 10.2 Å². The molecule has 2 aromatic rings. The Hall–Kier alpha value is -2.29. The van der Waals surface area contributed by atoms with Crippen molar-refractivity contribution in [2.75, 3.05) is 17.3 Å². The van der Waals surface area contributed by atoms with Crippen molar-refractivity contribution in [3.8, 4) is 0 Å². The van der Waals surface area contributed by atoms with E-state index in [1.54, 1.807) is 0 Å². The van der Waals surface area contributed by atoms with Gasteiger partial charge in [0.25, 0.3) is 0 Å². The number of benzene rings is 2. The van der Waals surface area contributed by atoms with E-state index in [0.717, 1.165) is 17.1 Å². The van der Waals surface area contributed by atoms with Gasteiger partial charge in [0.2, 0.25) is 5.91 Å². The lowest BCUT2D eigenvalue weighted by molar-refractivity contribution is -0.118. The maximum absolute atomic E-state index is 11.6. The van der Waals surface area contributed by atoms with Crippen molar-refractivity contribution in [2.24, 2.45) is 5.92 Å². The minimum atomic E-state index is -0.0123. The highest BCUT2D eigenvalue weighted by molar-refractivity contribution is 5.92. The van der Waals surface area contributed by atoms with Crippen molar-refractivity contribution in [3.63, 3.8) is 0 Å². The van der Waals surface area contributed by atoms with E-state index < -0.39 is 0 Å². The van der Waals surface area contributed by atoms with E-state index in [4.69, 9.17) is 0 Å². The Labute approximate surface area is 120 Å². The minimum Gasteiger partial charge on any atom is -0.345 e. The van der Waals surface area contributed by atoms with E-state index in [1.165, 1.54) is 0 Å². The average Bonchev–Trinajstić information content (AvgIpc) is 2.48. The zero-order valence-electron chi connectivity index (χ0n) is 12.1. The van der Waals surface area contributed by atoms with E-state index in [1.807, 2.05) is 63.4 Å². The van der Waals surface area contributed by atoms with Gasteiger partial charge in [0.1, 0.15) is 0 Å². The van der Waals surface area contributed by atoms with Crippen LogP contribution in [0.3, 0.4) is 0 Å². The number of anilines is 3. The number of nitrogens with one attached hydrogen (secondary N) is 1. The van der Waals surface area contributed by atoms with Gasteiger partial charge in [-0.1, -0.05) is 32.0 Å². The average molecular weight is 268 g/mol. The Morgan fingerprint density at radius 3 is 2.05 bits per heavy atom. The summed E-state index contributed by atoms with van der Waals surface area (Å²) in [5, 5.41) is 2.89. The summed E-state index contributed by atoms with van der Waals surface area (Å²) in [6.07, 6.45) is 0. The Kier molecular flexibility index (Phi) is 4.41. The third-order valence-electron chi connectivity index (χ3n) is 3.19. The normalized spacial score (nSPS) is 10.4. The van der Waals surface area contributed by atoms with Gasteiger partial charge in [-0.25, -0.2) is 0 Å². The van der Waals surface area contributed by atoms with Crippen LogP contribution in [0.25, 0.3) is 0 Å². The third-order valence-corrected chi connectivity index (χ3v) is 3.19. The molecule has 2 aromatic carbocycles. The second-order valence-electron chi connectivity index (χ2n) is 5.09. The van der Waals surface area contributed by atoms with Gasteiger partial charge in [0, 0.05) is 30.0 Å². The Morgan fingerprint density at radius 1 is 0.950 bits per heavy atom. The molecule has 2 rings (SSSR count). The van der Waals surface area contributed by atoms with E-state index in [0.29, 0.717) is 0 Å². The van der Waals surface area contributed by atoms with Gasteiger partial charge in [-0.3, -0.25) is 4.79 Å². The van der Waals surface area contributed by atoms with Crippen LogP contribution in [0.1, 0.15) is 13.8 Å². The summed E-state index contributed by atoms with van der Waals surface area (Å²) in [6.45, 7) is 3.76. The zero-order chi connectivity index (χ0) is 14.5. The second-order valence-corrected chi connectivity index (χ2v) is 5.09. The smallest absolute Gasteiger partial charge is 0.226 e. The molecule has 0 unspecified atom stereocenters. The molecule has 0 bridgehead atoms. The molecule has 0 atom stereocenters. The van der Waals surface area contributed by atoms with Crippen LogP contribution in [0, 0.1) is 5.92 Å². The van der Waals surface area contributed by atoms with Crippen molar-refractivity contribution in [2.45, 2.75) is 13.8 Å². The maximum atomic E-state index is 11.6. The summed E-state index contributed by atoms with van der Waals surface area (Å²) in [6, 6.07) is 18.0. The molecule has 0 aliphatic heterocycles. The molecule has 0 aliphatic rings. The van der Waals surface area contributed by atoms with Crippen molar-refractivity contribution in [1.29, 1.82) is 0 Å². The molecule has 0 aliphatic carbocycles. The first-order valence-corrected chi connectivity index (χ1v) is 6.77. The van der Waals surface area contributed by atoms with Gasteiger partial charge in [-0.05, 0) is 36.4 Å². The van der Waals surface area contributed by atoms with Gasteiger partial charge in [-0.15, -0.1) is 0 Å². The molecule has 0 saturated heterocycles. The molecule has 0 heterocycles. The zero-order valence-corrected chi connectivity index (χ0v) is 12.1. The van der Waals surface area contributed by atoms with Gasteiger partial charge in [0.05, 0.1) is 0 Å². The fourth-order valence-electron chi connectivity index (χ4n) is 1.86. The van der Waals surface area contributed by atoms with Gasteiger partial charge >= 0.3 is 0 Å². The fourth-order valence-corrected chi connectivity index (χ4v) is 1.86. The van der Waals surface area contributed by atoms with Crippen LogP contribution in [0.4, 0.5) is 17.1 Å². The number of hydrogen-bond donors (Lipinski definition) is 1. The van der Waals surface area contributed by atoms with Crippen LogP contribution in [-0.4, -0.2) is 13.0 Å². The Morgan fingerprint density at radius 2 is 1.50 bits per heavy atom. The van der Waals surface area contributed by atoms with E-state index in [9.17, 15) is 4.79 Å². The second kappa shape index (κ2) is 6.24. The summed E-state index contributed by atoms with van der Waals surface area (Å²) in [5.74, 6) is 0.0239. The summed E-state index contributed by atoms with van der Waals surface area (Å²) >= 11 is 0. The highest BCUT2D eigenvalue weighted by atomic mass is 16.1. The lowest BCUT2D eigenvalue weighted by Gasteiger charge is -2.19. The number of rotatable bonds is 4. The van der Waals surface area contributed by atoms with Gasteiger partial charge in [-0.2, -0.15) is 0 Å². The molecule has 3 nitrogen and oxygen atoms in total. The maximum Gasteiger partial charge on any atom is 0.226 e. The van der Waals surface area contributed by atoms with Crippen LogP contribution in [0.5, 0.6) is 0 Å². The number of carbonyl (C=O) groups is 1. The number of amides is 1. The third kappa shape index (κ3) is 3.38. The Bertz CT molecular complexity index is 561. The molecule has 1 amide bonds. The van der Waals surface area contributed by atoms with Crippen LogP contribution >= 0.6 is 0 Å². The Balaban J connectivity index is 2.10. The van der Waals surface area contributed by atoms with E-state index >= 15 is 0 Å². The van der Waals surface area contributed by atoms with Crippen LogP contribution in [-0.2, 0) is 4.79 Å². The molecule has 3 heteroatoms. The first-order valence-electron chi connectivity index (χ1n) is 6.77. The monoisotopic (exact) mass is 268 g/mol. The lowest BCUT2D eigenvalue weighted by atomic mass is 10.2. The SMILES string of the molecule is CC(C)C(=O)Nc1ccc(N(C)c2ccccc2)cc1. The predicted octanol–water partition coefficient (Wildman–Crippen LogP) is 4.05. The van der Waals surface area contributed by atoms with Crippen molar-refractivity contribution >= 4 is 23.0 Å². The van der Waals surface area contributed by atoms with E-state index in [2.05, 4.69) is 22.3 Å². The first-order chi connectivity index (χ1) is 9.58. The molecule has 104 valence electrons. The van der Waals surface area contributed by atoms with Crippen LogP contribution in [0.15, 0.2) is 54.6 Å². The summed E-state index contributed by atoms with van der Waals surface area (Å²) in [4.78, 5) is 13.7. The molecular formula is C17H20N2O. The standard InChI is InChI=1S/C17H20N2O/c1-13(2)17(20)18-14-9-11-16(12-10-14)19(3)15-7-5-4-6-8-15/h4-13H,1-3H3,(H,18,20). The topological polar surface area (TPSA) is 32.3 Å².